The Labute approximate surface area is 132 Å². The molecule has 0 aromatic heterocycles. The largest absolute Gasteiger partial charge is 0.0530 e. The van der Waals surface area contributed by atoms with Gasteiger partial charge < -0.3 is 0 Å². The van der Waals surface area contributed by atoms with E-state index in [2.05, 4.69) is 5.92 Å². The first-order chi connectivity index (χ1) is 10.4. The monoisotopic (exact) mass is 287 g/mol. The Morgan fingerprint density at radius 2 is 1.43 bits per heavy atom. The van der Waals surface area contributed by atoms with E-state index in [0.717, 1.165) is 23.2 Å². The van der Waals surface area contributed by atoms with Crippen LogP contribution in [0, 0.1) is 29.1 Å². The average Bonchev–Trinajstić information content (AvgIpc) is 2.72. The van der Waals surface area contributed by atoms with Gasteiger partial charge in [-0.05, 0) is 74.0 Å². The van der Waals surface area contributed by atoms with Gasteiger partial charge in [-0.2, -0.15) is 0 Å². The summed E-state index contributed by atoms with van der Waals surface area (Å²) in [6, 6.07) is 0. The van der Waals surface area contributed by atoms with Gasteiger partial charge in [0.05, 0.1) is 0 Å². The van der Waals surface area contributed by atoms with Gasteiger partial charge in [0.25, 0.3) is 0 Å². The summed E-state index contributed by atoms with van der Waals surface area (Å²) in [5, 5.41) is 0. The van der Waals surface area contributed by atoms with Crippen LogP contribution in [-0.4, -0.2) is 0 Å². The molecule has 0 saturated heterocycles. The first-order valence-electron chi connectivity index (χ1n) is 10.2. The normalized spacial score (nSPS) is 45.4. The van der Waals surface area contributed by atoms with Crippen LogP contribution in [0.5, 0.6) is 0 Å². The van der Waals surface area contributed by atoms with Crippen LogP contribution in [0.25, 0.3) is 0 Å². The van der Waals surface area contributed by atoms with E-state index in [-0.39, 0.29) is 0 Å². The molecule has 0 aromatic rings. The third-order valence-corrected chi connectivity index (χ3v) is 7.87. The van der Waals surface area contributed by atoms with Crippen LogP contribution in [0.1, 0.15) is 103 Å². The minimum atomic E-state index is 0.761. The zero-order valence-corrected chi connectivity index (χ0v) is 14.0. The molecule has 4 aliphatic carbocycles. The lowest BCUT2D eigenvalue weighted by Crippen LogP contribution is -2.36. The van der Waals surface area contributed by atoms with Crippen molar-refractivity contribution in [1.82, 2.24) is 0 Å². The maximum Gasteiger partial charge on any atom is -0.0202 e. The topological polar surface area (TPSA) is 0 Å². The highest BCUT2D eigenvalue weighted by Crippen LogP contribution is 2.57. The van der Waals surface area contributed by atoms with Crippen molar-refractivity contribution >= 4 is 0 Å². The molecular weight excluding hydrogens is 252 g/mol. The van der Waals surface area contributed by atoms with Gasteiger partial charge in [0, 0.05) is 0 Å². The van der Waals surface area contributed by atoms with E-state index in [1.54, 1.807) is 77.0 Å². The summed E-state index contributed by atoms with van der Waals surface area (Å²) < 4.78 is 0. The van der Waals surface area contributed by atoms with Crippen LogP contribution in [0.15, 0.2) is 0 Å². The molecule has 0 N–H and O–H groups in total. The molecule has 1 radical (unpaired) electrons. The first-order valence-corrected chi connectivity index (χ1v) is 10.2. The molecule has 0 aliphatic heterocycles. The van der Waals surface area contributed by atoms with E-state index in [9.17, 15) is 0 Å². The number of rotatable bonds is 1. The summed E-state index contributed by atoms with van der Waals surface area (Å²) in [6.45, 7) is 0. The van der Waals surface area contributed by atoms with E-state index >= 15 is 0 Å². The maximum absolute atomic E-state index is 2.06. The summed E-state index contributed by atoms with van der Waals surface area (Å²) in [4.78, 5) is 0. The Hall–Kier alpha value is 0. The standard InChI is InChI=1S/C21H35/c1-2-13-21(14-5-9-17(6-1)12-15-21)20-11-4-8-18-7-3-10-19(20)16-18/h17-18,20H,1-16H2. The predicted octanol–water partition coefficient (Wildman–Crippen LogP) is 6.69. The van der Waals surface area contributed by atoms with Gasteiger partial charge in [0.2, 0.25) is 0 Å². The number of fused-ring (bicyclic) bond motifs is 5. The highest BCUT2D eigenvalue weighted by Gasteiger charge is 2.45. The average molecular weight is 288 g/mol. The smallest absolute Gasteiger partial charge is 0.0202 e. The van der Waals surface area contributed by atoms with Crippen LogP contribution >= 0.6 is 0 Å². The van der Waals surface area contributed by atoms with E-state index in [1.165, 1.54) is 25.7 Å². The molecule has 0 heteroatoms. The summed E-state index contributed by atoms with van der Waals surface area (Å²) in [5.74, 6) is 5.28. The van der Waals surface area contributed by atoms with Crippen LogP contribution in [0.3, 0.4) is 0 Å². The van der Waals surface area contributed by atoms with E-state index in [1.807, 2.05) is 0 Å². The first kappa shape index (κ1) is 14.6. The van der Waals surface area contributed by atoms with Crippen LogP contribution < -0.4 is 0 Å². The Morgan fingerprint density at radius 3 is 2.43 bits per heavy atom. The zero-order valence-electron chi connectivity index (χ0n) is 14.0. The fraction of sp³-hybridized carbons (Fsp3) is 0.952. The Bertz CT molecular complexity index is 342. The Balaban J connectivity index is 1.58. The Kier molecular flexibility index (Phi) is 4.34. The van der Waals surface area contributed by atoms with E-state index in [4.69, 9.17) is 0 Å². The number of hydrogen-bond donors (Lipinski definition) is 0. The molecule has 0 heterocycles. The molecule has 4 fully saturated rings. The molecule has 119 valence electrons. The van der Waals surface area contributed by atoms with Crippen molar-refractivity contribution < 1.29 is 0 Å². The van der Waals surface area contributed by atoms with Gasteiger partial charge in [-0.15, -0.1) is 0 Å². The molecular formula is C21H35. The quantitative estimate of drug-likeness (QED) is 0.504. The van der Waals surface area contributed by atoms with Crippen molar-refractivity contribution in [1.29, 1.82) is 0 Å². The molecule has 0 spiro atoms. The lowest BCUT2D eigenvalue weighted by atomic mass is 9.59. The molecule has 4 atom stereocenters. The van der Waals surface area contributed by atoms with Gasteiger partial charge in [-0.1, -0.05) is 57.8 Å². The maximum atomic E-state index is 2.06. The van der Waals surface area contributed by atoms with Crippen LogP contribution in [-0.2, 0) is 0 Å². The van der Waals surface area contributed by atoms with E-state index in [0.29, 0.717) is 0 Å². The molecule has 4 aliphatic rings. The highest BCUT2D eigenvalue weighted by atomic mass is 14.5. The van der Waals surface area contributed by atoms with Crippen molar-refractivity contribution in [3.63, 3.8) is 0 Å². The SMILES string of the molecule is C1CCC2(C3CCCC4CCC[C]3C4)CCCC(C1)CC2. The Morgan fingerprint density at radius 1 is 0.619 bits per heavy atom. The third-order valence-electron chi connectivity index (χ3n) is 7.87. The minimum absolute atomic E-state index is 0.761. The summed E-state index contributed by atoms with van der Waals surface area (Å²) in [6.07, 6.45) is 24.9. The molecule has 21 heavy (non-hydrogen) atoms. The van der Waals surface area contributed by atoms with Crippen molar-refractivity contribution in [2.24, 2.45) is 23.2 Å². The van der Waals surface area contributed by atoms with Crippen LogP contribution in [0.4, 0.5) is 0 Å². The molecule has 4 rings (SSSR count). The van der Waals surface area contributed by atoms with Crippen molar-refractivity contribution in [3.8, 4) is 0 Å². The van der Waals surface area contributed by atoms with E-state index < -0.39 is 0 Å². The number of hydrogen-bond acceptors (Lipinski definition) is 0. The molecule has 0 aromatic carbocycles. The van der Waals surface area contributed by atoms with Gasteiger partial charge >= 0.3 is 0 Å². The minimum Gasteiger partial charge on any atom is -0.0530 e. The van der Waals surface area contributed by atoms with Gasteiger partial charge in [0.15, 0.2) is 0 Å². The lowest BCUT2D eigenvalue weighted by molar-refractivity contribution is 0.0971. The molecule has 0 amide bonds. The second kappa shape index (κ2) is 6.25. The summed E-state index contributed by atoms with van der Waals surface area (Å²) >= 11 is 0. The molecule has 4 bridgehead atoms. The highest BCUT2D eigenvalue weighted by molar-refractivity contribution is 5.09. The zero-order chi connectivity index (χ0) is 14.1. The van der Waals surface area contributed by atoms with Crippen molar-refractivity contribution in [2.45, 2.75) is 103 Å². The fourth-order valence-electron chi connectivity index (χ4n) is 6.78. The van der Waals surface area contributed by atoms with Crippen LogP contribution in [0.2, 0.25) is 0 Å². The molecule has 4 unspecified atom stereocenters. The summed E-state index contributed by atoms with van der Waals surface area (Å²) in [7, 11) is 0. The second-order valence-corrected chi connectivity index (χ2v) is 9.01. The summed E-state index contributed by atoms with van der Waals surface area (Å²) in [5.41, 5.74) is 0.761. The fourth-order valence-corrected chi connectivity index (χ4v) is 6.78. The van der Waals surface area contributed by atoms with Crippen molar-refractivity contribution in [3.05, 3.63) is 5.92 Å². The molecule has 4 saturated carbocycles. The van der Waals surface area contributed by atoms with Gasteiger partial charge in [0.1, 0.15) is 0 Å². The predicted molar refractivity (Wildman–Crippen MR) is 90.0 cm³/mol. The van der Waals surface area contributed by atoms with Gasteiger partial charge in [-0.25, -0.2) is 0 Å². The third kappa shape index (κ3) is 2.93. The molecule has 0 nitrogen and oxygen atoms in total. The van der Waals surface area contributed by atoms with Crippen molar-refractivity contribution in [2.75, 3.05) is 0 Å². The lowest BCUT2D eigenvalue weighted by Gasteiger charge is -2.46. The second-order valence-electron chi connectivity index (χ2n) is 9.01. The van der Waals surface area contributed by atoms with Gasteiger partial charge in [-0.3, -0.25) is 0 Å².